The average Bonchev–Trinajstić information content (AvgIpc) is 3.41. The van der Waals surface area contributed by atoms with E-state index in [0.717, 1.165) is 71.5 Å². The predicted molar refractivity (Wildman–Crippen MR) is 127 cm³/mol. The molecule has 11 heteroatoms. The lowest BCUT2D eigenvalue weighted by Crippen LogP contribution is -2.43. The van der Waals surface area contributed by atoms with Gasteiger partial charge in [0.1, 0.15) is 5.69 Å². The Hall–Kier alpha value is -3.05. The fourth-order valence-electron chi connectivity index (χ4n) is 5.57. The molecule has 3 aliphatic heterocycles. The van der Waals surface area contributed by atoms with Crippen molar-refractivity contribution in [1.82, 2.24) is 29.7 Å². The molecule has 0 radical (unpaired) electrons. The van der Waals surface area contributed by atoms with E-state index in [1.54, 1.807) is 23.0 Å². The lowest BCUT2D eigenvalue weighted by molar-refractivity contribution is -0.135. The summed E-state index contributed by atoms with van der Waals surface area (Å²) in [6.45, 7) is 4.57. The van der Waals surface area contributed by atoms with Crippen LogP contribution in [-0.2, 0) is 14.3 Å². The largest absolute Gasteiger partial charge is 0.483 e. The van der Waals surface area contributed by atoms with Crippen LogP contribution in [-0.4, -0.2) is 100 Å². The molecule has 0 aliphatic carbocycles. The van der Waals surface area contributed by atoms with Gasteiger partial charge in [0, 0.05) is 51.6 Å². The van der Waals surface area contributed by atoms with Gasteiger partial charge in [0.2, 0.25) is 5.91 Å². The van der Waals surface area contributed by atoms with Gasteiger partial charge in [-0.15, -0.1) is 0 Å². The first-order chi connectivity index (χ1) is 16.9. The molecular formula is C24H34N6O5. The number of amides is 2. The summed E-state index contributed by atoms with van der Waals surface area (Å²) in [7, 11) is 2.03. The van der Waals surface area contributed by atoms with E-state index in [1.165, 1.54) is 0 Å². The third kappa shape index (κ3) is 5.79. The number of nitrogens with one attached hydrogen (secondary N) is 1. The highest BCUT2D eigenvalue weighted by atomic mass is 16.5. The number of hydrogen-bond acceptors (Lipinski definition) is 7. The standard InChI is InChI=1S/C23H32N6O3.CH2O2/c1-27-14-17(22(31)28-10-6-23(16-28)7-11-32-12-8-23)4-5-18(15-27)26-21(30)19-13-24-20-3-2-9-25-29(19)20;2-1-3/h2-3,9,13,17-18H,4-8,10-12,14-16H2,1H3,(H,26,30);1H,(H,2,3)/t17-,18+;/m1./s1. The lowest BCUT2D eigenvalue weighted by Gasteiger charge is -2.33. The van der Waals surface area contributed by atoms with Crippen molar-refractivity contribution in [3.05, 3.63) is 30.2 Å². The maximum absolute atomic E-state index is 13.3. The van der Waals surface area contributed by atoms with Crippen molar-refractivity contribution in [1.29, 1.82) is 0 Å². The molecule has 2 aromatic heterocycles. The van der Waals surface area contributed by atoms with E-state index in [-0.39, 0.29) is 35.7 Å². The Morgan fingerprint density at radius 1 is 1.23 bits per heavy atom. The van der Waals surface area contributed by atoms with Crippen molar-refractivity contribution in [3.8, 4) is 0 Å². The monoisotopic (exact) mass is 486 g/mol. The minimum Gasteiger partial charge on any atom is -0.483 e. The minimum absolute atomic E-state index is 0.0139. The van der Waals surface area contributed by atoms with Gasteiger partial charge in [0.15, 0.2) is 5.65 Å². The van der Waals surface area contributed by atoms with Gasteiger partial charge in [-0.3, -0.25) is 14.4 Å². The number of likely N-dealkylation sites (tertiary alicyclic amines) is 2. The van der Waals surface area contributed by atoms with Crippen LogP contribution in [0.2, 0.25) is 0 Å². The molecule has 11 nitrogen and oxygen atoms in total. The molecule has 3 fully saturated rings. The van der Waals surface area contributed by atoms with Gasteiger partial charge in [0.25, 0.3) is 12.4 Å². The van der Waals surface area contributed by atoms with Crippen molar-refractivity contribution in [2.24, 2.45) is 11.3 Å². The molecule has 0 saturated carbocycles. The number of likely N-dealkylation sites (N-methyl/N-ethyl adjacent to an activating group) is 1. The molecule has 3 saturated heterocycles. The number of aromatic nitrogens is 3. The van der Waals surface area contributed by atoms with Gasteiger partial charge in [-0.25, -0.2) is 9.50 Å². The van der Waals surface area contributed by atoms with Crippen molar-refractivity contribution < 1.29 is 24.2 Å². The fourth-order valence-corrected chi connectivity index (χ4v) is 5.57. The van der Waals surface area contributed by atoms with Crippen LogP contribution >= 0.6 is 0 Å². The summed E-state index contributed by atoms with van der Waals surface area (Å²) >= 11 is 0. The molecule has 2 N–H and O–H groups in total. The Morgan fingerprint density at radius 3 is 2.77 bits per heavy atom. The maximum atomic E-state index is 13.3. The highest BCUT2D eigenvalue weighted by Crippen LogP contribution is 2.40. The maximum Gasteiger partial charge on any atom is 0.290 e. The molecule has 0 aromatic carbocycles. The zero-order valence-corrected chi connectivity index (χ0v) is 20.1. The third-order valence-corrected chi connectivity index (χ3v) is 7.43. The number of carbonyl (C=O) groups excluding carboxylic acids is 2. The third-order valence-electron chi connectivity index (χ3n) is 7.43. The van der Waals surface area contributed by atoms with Crippen LogP contribution in [0, 0.1) is 11.3 Å². The van der Waals surface area contributed by atoms with Crippen molar-refractivity contribution in [3.63, 3.8) is 0 Å². The zero-order chi connectivity index (χ0) is 24.8. The van der Waals surface area contributed by atoms with Gasteiger partial charge < -0.3 is 25.0 Å². The van der Waals surface area contributed by atoms with Crippen molar-refractivity contribution in [2.75, 3.05) is 46.4 Å². The number of ether oxygens (including phenoxy) is 1. The first-order valence-electron chi connectivity index (χ1n) is 12.2. The van der Waals surface area contributed by atoms with Crippen molar-refractivity contribution >= 4 is 23.9 Å². The molecule has 35 heavy (non-hydrogen) atoms. The van der Waals surface area contributed by atoms with Crippen LogP contribution in [0.5, 0.6) is 0 Å². The first-order valence-corrected chi connectivity index (χ1v) is 12.2. The second-order valence-corrected chi connectivity index (χ2v) is 9.83. The predicted octanol–water partition coefficient (Wildman–Crippen LogP) is 0.899. The fraction of sp³-hybridized carbons (Fsp3) is 0.625. The Bertz CT molecular complexity index is 1040. The molecule has 3 aliphatic rings. The molecule has 0 unspecified atom stereocenters. The van der Waals surface area contributed by atoms with E-state index in [2.05, 4.69) is 25.2 Å². The first kappa shape index (κ1) is 25.1. The van der Waals surface area contributed by atoms with E-state index in [4.69, 9.17) is 14.6 Å². The molecule has 2 amide bonds. The van der Waals surface area contributed by atoms with Crippen LogP contribution in [0.1, 0.15) is 42.6 Å². The number of hydrogen-bond donors (Lipinski definition) is 2. The number of rotatable bonds is 3. The van der Waals surface area contributed by atoms with Crippen LogP contribution in [0.4, 0.5) is 0 Å². The summed E-state index contributed by atoms with van der Waals surface area (Å²) in [5.74, 6) is 0.0768. The smallest absolute Gasteiger partial charge is 0.290 e. The van der Waals surface area contributed by atoms with Gasteiger partial charge in [-0.2, -0.15) is 5.10 Å². The molecule has 1 spiro atoms. The highest BCUT2D eigenvalue weighted by Gasteiger charge is 2.42. The normalized spacial score (nSPS) is 24.4. The topological polar surface area (TPSA) is 129 Å². The number of nitrogens with zero attached hydrogens (tertiary/aromatic N) is 5. The van der Waals surface area contributed by atoms with Gasteiger partial charge >= 0.3 is 0 Å². The Morgan fingerprint density at radius 2 is 2.00 bits per heavy atom. The molecule has 5 heterocycles. The number of imidazole rings is 1. The second kappa shape index (κ2) is 11.1. The molecule has 0 bridgehead atoms. The van der Waals surface area contributed by atoms with E-state index in [0.29, 0.717) is 11.3 Å². The van der Waals surface area contributed by atoms with E-state index < -0.39 is 0 Å². The van der Waals surface area contributed by atoms with Crippen LogP contribution in [0.15, 0.2) is 24.5 Å². The number of carboxylic acid groups (broad SMARTS) is 1. The summed E-state index contributed by atoms with van der Waals surface area (Å²) in [5.41, 5.74) is 1.34. The summed E-state index contributed by atoms with van der Waals surface area (Å²) < 4.78 is 7.10. The van der Waals surface area contributed by atoms with Gasteiger partial charge in [0.05, 0.1) is 12.1 Å². The number of carbonyl (C=O) groups is 3. The summed E-state index contributed by atoms with van der Waals surface area (Å²) in [6, 6.07) is 3.61. The van der Waals surface area contributed by atoms with E-state index in [9.17, 15) is 9.59 Å². The van der Waals surface area contributed by atoms with Gasteiger partial charge in [-0.05, 0) is 56.7 Å². The Kier molecular flexibility index (Phi) is 7.97. The van der Waals surface area contributed by atoms with Crippen LogP contribution in [0.3, 0.4) is 0 Å². The molecular weight excluding hydrogens is 452 g/mol. The Labute approximate surface area is 204 Å². The quantitative estimate of drug-likeness (QED) is 0.612. The molecule has 190 valence electrons. The molecule has 5 rings (SSSR count). The Balaban J connectivity index is 0.000000917. The van der Waals surface area contributed by atoms with E-state index >= 15 is 0 Å². The van der Waals surface area contributed by atoms with Crippen LogP contribution in [0.25, 0.3) is 5.65 Å². The summed E-state index contributed by atoms with van der Waals surface area (Å²) in [5, 5.41) is 14.3. The van der Waals surface area contributed by atoms with E-state index in [1.807, 2.05) is 13.1 Å². The SMILES string of the molecule is CN1C[C@@H](NC(=O)c2cnc3cccnn23)CC[C@@H](C(=O)N2CCC3(CCOCC3)C2)C1.O=CO. The summed E-state index contributed by atoms with van der Waals surface area (Å²) in [4.78, 5) is 43.1. The van der Waals surface area contributed by atoms with Crippen LogP contribution < -0.4 is 5.32 Å². The molecule has 2 aromatic rings. The van der Waals surface area contributed by atoms with Crippen molar-refractivity contribution in [2.45, 2.75) is 38.1 Å². The highest BCUT2D eigenvalue weighted by molar-refractivity contribution is 5.93. The lowest BCUT2D eigenvalue weighted by atomic mass is 9.80. The zero-order valence-electron chi connectivity index (χ0n) is 20.1. The number of fused-ring (bicyclic) bond motifs is 1. The minimum atomic E-state index is -0.250. The summed E-state index contributed by atoms with van der Waals surface area (Å²) in [6.07, 6.45) is 7.99. The second-order valence-electron chi connectivity index (χ2n) is 9.83. The molecule has 2 atom stereocenters. The van der Waals surface area contributed by atoms with Gasteiger partial charge in [-0.1, -0.05) is 0 Å². The average molecular weight is 487 g/mol.